The Morgan fingerprint density at radius 2 is 1.81 bits per heavy atom. The van der Waals surface area contributed by atoms with Gasteiger partial charge >= 0.3 is 0 Å². The first-order valence-electron chi connectivity index (χ1n) is 10.4. The molecule has 4 rings (SSSR count). The number of carbonyl (C=O) groups excluding carboxylic acids is 1. The molecular weight excluding hydrogens is 402 g/mol. The molecule has 1 unspecified atom stereocenters. The number of hydrogen-bond acceptors (Lipinski definition) is 2. The highest BCUT2D eigenvalue weighted by Gasteiger charge is 2.59. The van der Waals surface area contributed by atoms with Crippen LogP contribution in [0.4, 0.5) is 8.78 Å². The molecule has 4 saturated carbocycles. The van der Waals surface area contributed by atoms with E-state index in [-0.39, 0.29) is 30.1 Å². The summed E-state index contributed by atoms with van der Waals surface area (Å²) in [4.78, 5) is 12.5. The molecule has 2 nitrogen and oxygen atoms in total. The number of Topliss-reactive ketones (excluding diaryl/α,β-unsaturated/α-hetero) is 1. The van der Waals surface area contributed by atoms with E-state index in [1.165, 1.54) is 0 Å². The molecule has 0 bridgehead atoms. The van der Waals surface area contributed by atoms with E-state index in [0.29, 0.717) is 34.8 Å². The molecule has 0 aromatic rings. The van der Waals surface area contributed by atoms with Crippen molar-refractivity contribution >= 4 is 21.7 Å². The maximum absolute atomic E-state index is 13.3. The van der Waals surface area contributed by atoms with Crippen molar-refractivity contribution in [1.82, 2.24) is 0 Å². The molecule has 0 spiro atoms. The van der Waals surface area contributed by atoms with E-state index in [4.69, 9.17) is 0 Å². The van der Waals surface area contributed by atoms with E-state index in [2.05, 4.69) is 22.9 Å². The molecule has 1 N–H and O–H groups in total. The highest BCUT2D eigenvalue weighted by Crippen LogP contribution is 2.64. The van der Waals surface area contributed by atoms with E-state index < -0.39 is 12.0 Å². The van der Waals surface area contributed by atoms with Gasteiger partial charge in [-0.25, -0.2) is 8.78 Å². The first-order valence-corrected chi connectivity index (χ1v) is 11.5. The fourth-order valence-electron chi connectivity index (χ4n) is 7.73. The summed E-state index contributed by atoms with van der Waals surface area (Å²) in [6.45, 7) is 2.34. The van der Waals surface area contributed by atoms with Crippen molar-refractivity contribution in [3.8, 4) is 0 Å². The summed E-state index contributed by atoms with van der Waals surface area (Å²) in [7, 11) is 0. The minimum Gasteiger partial charge on any atom is -0.384 e. The van der Waals surface area contributed by atoms with E-state index in [1.54, 1.807) is 0 Å². The SMILES string of the molecule is C[C@]12CC[C@H]3[C@@H](CC[C@@H]4C[C@@](O)(C(F)F)CC[C@@H]43)[C@@H]1CCC2C(=O)CBr. The monoisotopic (exact) mass is 432 g/mol. The molecule has 0 aromatic carbocycles. The number of fused-ring (bicyclic) bond motifs is 5. The van der Waals surface area contributed by atoms with Crippen LogP contribution in [0, 0.1) is 40.9 Å². The first kappa shape index (κ1) is 19.3. The zero-order chi connectivity index (χ0) is 18.7. The molecule has 8 atom stereocenters. The standard InChI is InChI=1S/C21H31BrF2O2/c1-20-8-6-14-13-7-9-21(26,19(23)24)10-12(13)2-3-15(14)16(20)4-5-17(20)18(25)11-22/h12-17,19,26H,2-11H2,1H3/t12-,13+,14-,15-,16+,17?,20+,21-/m1/s1. The van der Waals surface area contributed by atoms with Crippen molar-refractivity contribution in [2.75, 3.05) is 5.33 Å². The van der Waals surface area contributed by atoms with Crippen molar-refractivity contribution in [2.24, 2.45) is 40.9 Å². The molecule has 0 amide bonds. The Balaban J connectivity index is 1.52. The van der Waals surface area contributed by atoms with Gasteiger partial charge in [-0.1, -0.05) is 22.9 Å². The highest BCUT2D eigenvalue weighted by molar-refractivity contribution is 9.09. The molecular formula is C21H31BrF2O2. The average Bonchev–Trinajstić information content (AvgIpc) is 2.97. The van der Waals surface area contributed by atoms with Gasteiger partial charge in [0.2, 0.25) is 0 Å². The summed E-state index contributed by atoms with van der Waals surface area (Å²) in [6, 6.07) is 0. The third kappa shape index (κ3) is 2.82. The summed E-state index contributed by atoms with van der Waals surface area (Å²) in [6.07, 6.45) is 5.15. The Bertz CT molecular complexity index is 570. The van der Waals surface area contributed by atoms with Crippen LogP contribution in [0.2, 0.25) is 0 Å². The number of ketones is 1. The zero-order valence-corrected chi connectivity index (χ0v) is 17.2. The number of carbonyl (C=O) groups is 1. The highest BCUT2D eigenvalue weighted by atomic mass is 79.9. The van der Waals surface area contributed by atoms with Gasteiger partial charge in [0.1, 0.15) is 11.4 Å². The molecule has 26 heavy (non-hydrogen) atoms. The predicted octanol–water partition coefficient (Wildman–Crippen LogP) is 5.22. The first-order chi connectivity index (χ1) is 12.3. The lowest BCUT2D eigenvalue weighted by Gasteiger charge is -2.57. The van der Waals surface area contributed by atoms with Crippen LogP contribution in [-0.2, 0) is 4.79 Å². The zero-order valence-electron chi connectivity index (χ0n) is 15.6. The smallest absolute Gasteiger partial charge is 0.266 e. The number of aliphatic hydroxyl groups is 1. The van der Waals surface area contributed by atoms with E-state index in [1.807, 2.05) is 0 Å². The van der Waals surface area contributed by atoms with Crippen LogP contribution >= 0.6 is 15.9 Å². The maximum Gasteiger partial charge on any atom is 0.266 e. The number of hydrogen-bond donors (Lipinski definition) is 1. The molecule has 0 saturated heterocycles. The van der Waals surface area contributed by atoms with Crippen LogP contribution in [-0.4, -0.2) is 28.2 Å². The topological polar surface area (TPSA) is 37.3 Å². The van der Waals surface area contributed by atoms with E-state index in [0.717, 1.165) is 44.9 Å². The Hall–Kier alpha value is -0.0300. The third-order valence-electron chi connectivity index (χ3n) is 8.97. The summed E-state index contributed by atoms with van der Waals surface area (Å²) in [5, 5.41) is 10.8. The van der Waals surface area contributed by atoms with Crippen molar-refractivity contribution in [3.05, 3.63) is 0 Å². The third-order valence-corrected chi connectivity index (χ3v) is 9.52. The van der Waals surface area contributed by atoms with Crippen LogP contribution in [0.25, 0.3) is 0 Å². The van der Waals surface area contributed by atoms with Gasteiger partial charge in [0.25, 0.3) is 6.43 Å². The number of alkyl halides is 3. The van der Waals surface area contributed by atoms with Crippen LogP contribution in [0.1, 0.15) is 64.7 Å². The number of rotatable bonds is 3. The molecule has 4 aliphatic rings. The van der Waals surface area contributed by atoms with Gasteiger partial charge in [-0.15, -0.1) is 0 Å². The minimum absolute atomic E-state index is 0.136. The van der Waals surface area contributed by atoms with Crippen molar-refractivity contribution in [3.63, 3.8) is 0 Å². The predicted molar refractivity (Wildman–Crippen MR) is 100 cm³/mol. The van der Waals surface area contributed by atoms with Crippen molar-refractivity contribution < 1.29 is 18.7 Å². The largest absolute Gasteiger partial charge is 0.384 e. The minimum atomic E-state index is -2.62. The Labute approximate surface area is 163 Å². The van der Waals surface area contributed by atoms with Gasteiger partial charge in [0.15, 0.2) is 0 Å². The quantitative estimate of drug-likeness (QED) is 0.620. The van der Waals surface area contributed by atoms with Crippen LogP contribution in [0.5, 0.6) is 0 Å². The van der Waals surface area contributed by atoms with Gasteiger partial charge in [0, 0.05) is 5.92 Å². The lowest BCUT2D eigenvalue weighted by Crippen LogP contribution is -2.53. The number of halogens is 3. The normalized spacial score (nSPS) is 50.8. The van der Waals surface area contributed by atoms with Gasteiger partial charge in [-0.3, -0.25) is 4.79 Å². The second kappa shape index (κ2) is 6.79. The van der Waals surface area contributed by atoms with Gasteiger partial charge in [-0.05, 0) is 92.8 Å². The van der Waals surface area contributed by atoms with E-state index >= 15 is 0 Å². The van der Waals surface area contributed by atoms with Gasteiger partial charge in [0.05, 0.1) is 5.33 Å². The van der Waals surface area contributed by atoms with Crippen LogP contribution < -0.4 is 0 Å². The summed E-state index contributed by atoms with van der Waals surface area (Å²) in [5.41, 5.74) is -1.62. The van der Waals surface area contributed by atoms with Crippen LogP contribution in [0.15, 0.2) is 0 Å². The lowest BCUT2D eigenvalue weighted by molar-refractivity contribution is -0.160. The summed E-state index contributed by atoms with van der Waals surface area (Å²) >= 11 is 3.37. The summed E-state index contributed by atoms with van der Waals surface area (Å²) in [5.74, 6) is 3.21. The molecule has 0 heterocycles. The molecule has 0 radical (unpaired) electrons. The fourth-order valence-corrected chi connectivity index (χ4v) is 8.12. The second-order valence-corrected chi connectivity index (χ2v) is 10.4. The van der Waals surface area contributed by atoms with Crippen molar-refractivity contribution in [2.45, 2.75) is 76.7 Å². The Morgan fingerprint density at radius 1 is 1.08 bits per heavy atom. The fraction of sp³-hybridized carbons (Fsp3) is 0.952. The molecule has 0 aliphatic heterocycles. The molecule has 4 aliphatic carbocycles. The molecule has 148 valence electrons. The van der Waals surface area contributed by atoms with Crippen molar-refractivity contribution in [1.29, 1.82) is 0 Å². The molecule has 5 heteroatoms. The van der Waals surface area contributed by atoms with Gasteiger partial charge in [-0.2, -0.15) is 0 Å². The second-order valence-electron chi connectivity index (χ2n) is 9.86. The maximum atomic E-state index is 13.3. The van der Waals surface area contributed by atoms with Gasteiger partial charge < -0.3 is 5.11 Å². The lowest BCUT2D eigenvalue weighted by atomic mass is 9.49. The Morgan fingerprint density at radius 3 is 2.50 bits per heavy atom. The summed E-state index contributed by atoms with van der Waals surface area (Å²) < 4.78 is 26.6. The average molecular weight is 433 g/mol. The van der Waals surface area contributed by atoms with E-state index in [9.17, 15) is 18.7 Å². The molecule has 0 aromatic heterocycles. The Kier molecular flexibility index (Phi) is 5.04. The molecule has 4 fully saturated rings. The van der Waals surface area contributed by atoms with Crippen LogP contribution in [0.3, 0.4) is 0 Å².